The van der Waals surface area contributed by atoms with Gasteiger partial charge in [-0.15, -0.1) is 0 Å². The molecule has 0 radical (unpaired) electrons. The summed E-state index contributed by atoms with van der Waals surface area (Å²) in [4.78, 5) is 0. The molecule has 1 nitrogen and oxygen atoms in total. The molecule has 1 rings (SSSR count). The molecule has 0 fully saturated rings. The van der Waals surface area contributed by atoms with Crippen LogP contribution in [0.15, 0.2) is 12.1 Å². The quantitative estimate of drug-likeness (QED) is 0.473. The summed E-state index contributed by atoms with van der Waals surface area (Å²) in [6, 6.07) is 4.67. The molecule has 0 spiro atoms. The number of hydrogen-bond acceptors (Lipinski definition) is 1. The van der Waals surface area contributed by atoms with Gasteiger partial charge in [-0.25, -0.2) is 0 Å². The third-order valence-electron chi connectivity index (χ3n) is 3.80. The van der Waals surface area contributed by atoms with E-state index in [2.05, 4.69) is 94.2 Å². The van der Waals surface area contributed by atoms with Crippen molar-refractivity contribution in [2.75, 3.05) is 5.32 Å². The molecule has 2 heteroatoms. The Morgan fingerprint density at radius 3 is 1.38 bits per heavy atom. The van der Waals surface area contributed by atoms with E-state index in [9.17, 15) is 0 Å². The van der Waals surface area contributed by atoms with Crippen LogP contribution in [0.1, 0.15) is 79.0 Å². The fourth-order valence-electron chi connectivity index (χ4n) is 2.45. The zero-order chi connectivity index (χ0) is 16.6. The molecule has 0 heterocycles. The van der Waals surface area contributed by atoms with E-state index in [0.29, 0.717) is 0 Å². The molecular formula is C19H30NP. The van der Waals surface area contributed by atoms with Gasteiger partial charge in [-0.3, -0.25) is 0 Å². The second kappa shape index (κ2) is 5.79. The van der Waals surface area contributed by atoms with Crippen LogP contribution < -0.4 is 5.32 Å². The normalized spacial score (nSPS) is 13.0. The summed E-state index contributed by atoms with van der Waals surface area (Å²) in [5.74, 6) is 2.81. The molecule has 116 valence electrons. The van der Waals surface area contributed by atoms with E-state index in [0.717, 1.165) is 5.69 Å². The van der Waals surface area contributed by atoms with E-state index in [1.54, 1.807) is 0 Å². The van der Waals surface area contributed by atoms with Crippen molar-refractivity contribution < 1.29 is 0 Å². The number of nitrogens with one attached hydrogen (secondary N) is 1. The van der Waals surface area contributed by atoms with Crippen molar-refractivity contribution in [3.63, 3.8) is 0 Å². The topological polar surface area (TPSA) is 12.0 Å². The summed E-state index contributed by atoms with van der Waals surface area (Å²) in [6.07, 6.45) is 0. The average Bonchev–Trinajstić information content (AvgIpc) is 2.24. The average molecular weight is 303 g/mol. The maximum absolute atomic E-state index is 4.14. The van der Waals surface area contributed by atoms with Gasteiger partial charge in [0, 0.05) is 0 Å². The monoisotopic (exact) mass is 303 g/mol. The molecule has 0 bridgehead atoms. The minimum atomic E-state index is 0.0637. The molecular weight excluding hydrogens is 273 g/mol. The molecule has 0 amide bonds. The summed E-state index contributed by atoms with van der Waals surface area (Å²) < 4.78 is 0. The maximum atomic E-state index is 4.14. The summed E-state index contributed by atoms with van der Waals surface area (Å²) in [5, 5.41) is 3.25. The van der Waals surface area contributed by atoms with Gasteiger partial charge in [0.25, 0.3) is 0 Å². The van der Waals surface area contributed by atoms with Crippen LogP contribution in [0, 0.1) is 5.75 Å². The Balaban J connectivity index is 3.80. The molecule has 1 aromatic carbocycles. The van der Waals surface area contributed by atoms with E-state index in [1.165, 1.54) is 16.7 Å². The zero-order valence-electron chi connectivity index (χ0n) is 15.1. The van der Waals surface area contributed by atoms with Crippen LogP contribution in [0.5, 0.6) is 0 Å². The van der Waals surface area contributed by atoms with Crippen LogP contribution in [-0.4, -0.2) is 0 Å². The first-order valence-electron chi connectivity index (χ1n) is 7.63. The van der Waals surface area contributed by atoms with Crippen molar-refractivity contribution in [2.24, 2.45) is 0 Å². The molecule has 0 aromatic heterocycles. The summed E-state index contributed by atoms with van der Waals surface area (Å²) in [7, 11) is 4.14. The van der Waals surface area contributed by atoms with Crippen LogP contribution >= 0.6 is 8.70 Å². The van der Waals surface area contributed by atoms with Crippen molar-refractivity contribution in [1.29, 1.82) is 0 Å². The van der Waals surface area contributed by atoms with Crippen molar-refractivity contribution in [2.45, 2.75) is 78.6 Å². The van der Waals surface area contributed by atoms with Gasteiger partial charge in [0.1, 0.15) is 0 Å². The van der Waals surface area contributed by atoms with E-state index >= 15 is 0 Å². The predicted octanol–water partition coefficient (Wildman–Crippen LogP) is 6.32. The Morgan fingerprint density at radius 1 is 0.762 bits per heavy atom. The predicted molar refractivity (Wildman–Crippen MR) is 97.0 cm³/mol. The van der Waals surface area contributed by atoms with E-state index in [4.69, 9.17) is 0 Å². The summed E-state index contributed by atoms with van der Waals surface area (Å²) >= 11 is 0. The Morgan fingerprint density at radius 2 is 1.14 bits per heavy atom. The second-order valence-corrected chi connectivity index (χ2v) is 9.16. The van der Waals surface area contributed by atoms with E-state index < -0.39 is 0 Å². The molecule has 0 atom stereocenters. The molecule has 0 saturated carbocycles. The second-order valence-electron chi connectivity index (χ2n) is 8.93. The number of benzene rings is 1. The SMILES string of the molecule is CC(C)(C)c1cc(C(C)(C)C)c(NC#P)c(C(C)(C)C)c1. The molecule has 21 heavy (non-hydrogen) atoms. The molecule has 0 aliphatic heterocycles. The molecule has 1 aromatic rings. The Hall–Kier alpha value is -0.770. The molecule has 0 aliphatic rings. The van der Waals surface area contributed by atoms with Crippen LogP contribution in [0.3, 0.4) is 0 Å². The number of hydrogen-bond donors (Lipinski definition) is 1. The fourth-order valence-corrected chi connectivity index (χ4v) is 2.56. The van der Waals surface area contributed by atoms with E-state index in [1.807, 2.05) is 0 Å². The van der Waals surface area contributed by atoms with Crippen molar-refractivity contribution in [3.05, 3.63) is 28.8 Å². The molecule has 0 unspecified atom stereocenters. The van der Waals surface area contributed by atoms with Gasteiger partial charge in [0.2, 0.25) is 0 Å². The third-order valence-corrected chi connectivity index (χ3v) is 3.91. The first kappa shape index (κ1) is 18.3. The molecule has 1 N–H and O–H groups in total. The first-order valence-corrected chi connectivity index (χ1v) is 8.08. The number of anilines is 1. The van der Waals surface area contributed by atoms with Gasteiger partial charge in [-0.2, -0.15) is 0 Å². The third kappa shape index (κ3) is 4.35. The molecule has 0 saturated heterocycles. The minimum absolute atomic E-state index is 0.0637. The van der Waals surface area contributed by atoms with Crippen LogP contribution in [-0.2, 0) is 16.2 Å². The zero-order valence-corrected chi connectivity index (χ0v) is 16.0. The van der Waals surface area contributed by atoms with E-state index in [-0.39, 0.29) is 16.2 Å². The Labute approximate surface area is 133 Å². The van der Waals surface area contributed by atoms with Crippen molar-refractivity contribution in [1.82, 2.24) is 0 Å². The van der Waals surface area contributed by atoms with Gasteiger partial charge >= 0.3 is 133 Å². The van der Waals surface area contributed by atoms with Crippen LogP contribution in [0.4, 0.5) is 5.69 Å². The first-order chi connectivity index (χ1) is 9.28. The van der Waals surface area contributed by atoms with Crippen LogP contribution in [0.25, 0.3) is 0 Å². The van der Waals surface area contributed by atoms with Gasteiger partial charge in [0.15, 0.2) is 0 Å². The molecule has 0 aliphatic carbocycles. The van der Waals surface area contributed by atoms with Crippen molar-refractivity contribution >= 4 is 14.4 Å². The Kier molecular flexibility index (Phi) is 5.04. The summed E-state index contributed by atoms with van der Waals surface area (Å²) in [6.45, 7) is 20.3. The fraction of sp³-hybridized carbons (Fsp3) is 0.632. The van der Waals surface area contributed by atoms with Gasteiger partial charge in [-0.1, -0.05) is 0 Å². The van der Waals surface area contributed by atoms with Gasteiger partial charge in [0.05, 0.1) is 0 Å². The Bertz CT molecular complexity index is 522. The number of rotatable bonds is 1. The standard InChI is InChI=1S/C19H30NP/c1-17(2,3)13-10-14(18(4,5)6)16(20-12-21)15(11-13)19(7,8)9/h10-11,20H,1-9H3. The van der Waals surface area contributed by atoms with Crippen LogP contribution in [0.2, 0.25) is 0 Å². The summed E-state index contributed by atoms with van der Waals surface area (Å²) in [5.41, 5.74) is 5.43. The van der Waals surface area contributed by atoms with Crippen molar-refractivity contribution in [3.8, 4) is 5.75 Å². The van der Waals surface area contributed by atoms with Gasteiger partial charge in [-0.05, 0) is 0 Å². The van der Waals surface area contributed by atoms with Gasteiger partial charge < -0.3 is 0 Å².